The van der Waals surface area contributed by atoms with E-state index in [4.69, 9.17) is 0 Å². The Morgan fingerprint density at radius 1 is 0.923 bits per heavy atom. The fourth-order valence-electron chi connectivity index (χ4n) is 2.74. The lowest BCUT2D eigenvalue weighted by Gasteiger charge is -2.28. The zero-order valence-electron chi connectivity index (χ0n) is 14.2. The van der Waals surface area contributed by atoms with Crippen LogP contribution < -0.4 is 0 Å². The summed E-state index contributed by atoms with van der Waals surface area (Å²) in [6.45, 7) is 1.82. The number of carbonyl (C=O) groups excluding carboxylic acids is 1. The highest BCUT2D eigenvalue weighted by Gasteiger charge is 2.37. The van der Waals surface area contributed by atoms with Crippen LogP contribution in [0.4, 0.5) is 5.69 Å². The Kier molecular flexibility index (Phi) is 5.19. The van der Waals surface area contributed by atoms with Crippen molar-refractivity contribution in [3.05, 3.63) is 106 Å². The van der Waals surface area contributed by atoms with E-state index in [2.05, 4.69) is 0 Å². The molecule has 1 unspecified atom stereocenters. The van der Waals surface area contributed by atoms with Crippen LogP contribution in [0.2, 0.25) is 0 Å². The normalized spacial score (nSPS) is 13.0. The fraction of sp³-hybridized carbons (Fsp3) is 0.0952. The molecule has 0 amide bonds. The Bertz CT molecular complexity index is 928. The second-order valence-electron chi connectivity index (χ2n) is 5.95. The smallest absolute Gasteiger partial charge is 0.269 e. The van der Waals surface area contributed by atoms with Crippen molar-refractivity contribution >= 4 is 23.2 Å². The fourth-order valence-corrected chi connectivity index (χ4v) is 3.96. The van der Waals surface area contributed by atoms with E-state index >= 15 is 0 Å². The molecule has 0 fully saturated rings. The molecule has 0 radical (unpaired) electrons. The van der Waals surface area contributed by atoms with Crippen molar-refractivity contribution in [3.8, 4) is 0 Å². The van der Waals surface area contributed by atoms with Crippen molar-refractivity contribution in [1.82, 2.24) is 0 Å². The zero-order chi connectivity index (χ0) is 18.6. The number of ketones is 1. The summed E-state index contributed by atoms with van der Waals surface area (Å²) >= 11 is 1.40. The van der Waals surface area contributed by atoms with Gasteiger partial charge in [0.05, 0.1) is 4.92 Å². The summed E-state index contributed by atoms with van der Waals surface area (Å²) in [5.74, 6) is -0.0903. The highest BCUT2D eigenvalue weighted by Crippen LogP contribution is 2.44. The van der Waals surface area contributed by atoms with Crippen LogP contribution in [0.5, 0.6) is 0 Å². The third kappa shape index (κ3) is 3.68. The number of hydrogen-bond donors (Lipinski definition) is 0. The van der Waals surface area contributed by atoms with Gasteiger partial charge in [0.2, 0.25) is 0 Å². The van der Waals surface area contributed by atoms with Crippen LogP contribution in [0, 0.1) is 10.1 Å². The number of nitro benzene ring substituents is 1. The second-order valence-corrected chi connectivity index (χ2v) is 7.44. The van der Waals surface area contributed by atoms with Crippen molar-refractivity contribution in [1.29, 1.82) is 0 Å². The van der Waals surface area contributed by atoms with Crippen LogP contribution in [0.3, 0.4) is 0 Å². The summed E-state index contributed by atoms with van der Waals surface area (Å²) in [6.07, 6.45) is 0. The second kappa shape index (κ2) is 7.54. The SMILES string of the molecule is CC(Sc1ccccc1)(C(=O)c1ccccc1)c1cccc([N+](=O)[O-])c1. The van der Waals surface area contributed by atoms with Crippen LogP contribution in [-0.4, -0.2) is 10.7 Å². The first-order valence-electron chi connectivity index (χ1n) is 8.09. The van der Waals surface area contributed by atoms with Gasteiger partial charge in [-0.15, -0.1) is 11.8 Å². The van der Waals surface area contributed by atoms with Crippen molar-refractivity contribution < 1.29 is 9.72 Å². The van der Waals surface area contributed by atoms with Gasteiger partial charge in [-0.05, 0) is 24.6 Å². The Morgan fingerprint density at radius 2 is 1.54 bits per heavy atom. The Morgan fingerprint density at radius 3 is 2.15 bits per heavy atom. The van der Waals surface area contributed by atoms with E-state index < -0.39 is 9.67 Å². The Hall–Kier alpha value is -2.92. The van der Waals surface area contributed by atoms with E-state index in [0.29, 0.717) is 11.1 Å². The number of non-ortho nitro benzene ring substituents is 1. The minimum absolute atomic E-state index is 0.0248. The number of nitrogens with zero attached hydrogens (tertiary/aromatic N) is 1. The molecular formula is C21H17NO3S. The third-order valence-electron chi connectivity index (χ3n) is 4.14. The molecule has 0 saturated heterocycles. The molecule has 130 valence electrons. The summed E-state index contributed by atoms with van der Waals surface area (Å²) in [5, 5.41) is 11.2. The number of benzene rings is 3. The molecular weight excluding hydrogens is 346 g/mol. The number of hydrogen-bond acceptors (Lipinski definition) is 4. The number of carbonyl (C=O) groups is 1. The summed E-state index contributed by atoms with van der Waals surface area (Å²) in [4.78, 5) is 25.0. The largest absolute Gasteiger partial charge is 0.292 e. The van der Waals surface area contributed by atoms with Crippen LogP contribution in [0.25, 0.3) is 0 Å². The molecule has 0 N–H and O–H groups in total. The molecule has 4 nitrogen and oxygen atoms in total. The van der Waals surface area contributed by atoms with Crippen molar-refractivity contribution in [2.75, 3.05) is 0 Å². The molecule has 26 heavy (non-hydrogen) atoms. The molecule has 0 saturated carbocycles. The molecule has 0 heterocycles. The van der Waals surface area contributed by atoms with E-state index in [9.17, 15) is 14.9 Å². The van der Waals surface area contributed by atoms with Crippen molar-refractivity contribution in [2.24, 2.45) is 0 Å². The van der Waals surface area contributed by atoms with Gasteiger partial charge in [0.15, 0.2) is 5.78 Å². The van der Waals surface area contributed by atoms with Gasteiger partial charge in [-0.2, -0.15) is 0 Å². The van der Waals surface area contributed by atoms with Gasteiger partial charge in [-0.1, -0.05) is 60.7 Å². The van der Waals surface area contributed by atoms with E-state index in [0.717, 1.165) is 4.90 Å². The van der Waals surface area contributed by atoms with E-state index in [1.807, 2.05) is 55.5 Å². The molecule has 3 aromatic carbocycles. The molecule has 5 heteroatoms. The predicted octanol–water partition coefficient (Wildman–Crippen LogP) is 5.49. The van der Waals surface area contributed by atoms with E-state index in [1.165, 1.54) is 23.9 Å². The van der Waals surface area contributed by atoms with Crippen LogP contribution in [0.1, 0.15) is 22.8 Å². The molecule has 0 spiro atoms. The average molecular weight is 363 g/mol. The van der Waals surface area contributed by atoms with Gasteiger partial charge in [-0.3, -0.25) is 14.9 Å². The summed E-state index contributed by atoms with van der Waals surface area (Å²) in [7, 11) is 0. The van der Waals surface area contributed by atoms with E-state index in [-0.39, 0.29) is 11.5 Å². The van der Waals surface area contributed by atoms with Gasteiger partial charge in [0.1, 0.15) is 4.75 Å². The first-order valence-corrected chi connectivity index (χ1v) is 8.91. The summed E-state index contributed by atoms with van der Waals surface area (Å²) < 4.78 is -0.991. The van der Waals surface area contributed by atoms with Gasteiger partial charge in [-0.25, -0.2) is 0 Å². The Labute approximate surface area is 156 Å². The molecule has 0 aliphatic carbocycles. The quantitative estimate of drug-likeness (QED) is 0.252. The van der Waals surface area contributed by atoms with E-state index in [1.54, 1.807) is 24.3 Å². The molecule has 0 bridgehead atoms. The topological polar surface area (TPSA) is 60.2 Å². The number of thioether (sulfide) groups is 1. The maximum atomic E-state index is 13.4. The first-order chi connectivity index (χ1) is 12.5. The highest BCUT2D eigenvalue weighted by molar-refractivity contribution is 8.01. The Balaban J connectivity index is 2.11. The lowest BCUT2D eigenvalue weighted by Crippen LogP contribution is -2.29. The summed E-state index contributed by atoms with van der Waals surface area (Å²) in [6, 6.07) is 24.9. The number of nitro groups is 1. The standard InChI is InChI=1S/C21H17NO3S/c1-21(26-19-13-6-3-7-14-19,20(23)16-9-4-2-5-10-16)17-11-8-12-18(15-17)22(24)25/h2-15H,1H3. The monoisotopic (exact) mass is 363 g/mol. The predicted molar refractivity (Wildman–Crippen MR) is 104 cm³/mol. The van der Waals surface area contributed by atoms with Gasteiger partial charge < -0.3 is 0 Å². The lowest BCUT2D eigenvalue weighted by atomic mass is 9.91. The van der Waals surface area contributed by atoms with Gasteiger partial charge >= 0.3 is 0 Å². The van der Waals surface area contributed by atoms with Gasteiger partial charge in [0.25, 0.3) is 5.69 Å². The molecule has 3 rings (SSSR count). The maximum Gasteiger partial charge on any atom is 0.269 e. The van der Waals surface area contributed by atoms with Gasteiger partial charge in [0, 0.05) is 22.6 Å². The van der Waals surface area contributed by atoms with Crippen LogP contribution in [-0.2, 0) is 4.75 Å². The minimum Gasteiger partial charge on any atom is -0.292 e. The lowest BCUT2D eigenvalue weighted by molar-refractivity contribution is -0.384. The molecule has 3 aromatic rings. The van der Waals surface area contributed by atoms with Crippen LogP contribution >= 0.6 is 11.8 Å². The maximum absolute atomic E-state index is 13.4. The molecule has 0 aliphatic rings. The minimum atomic E-state index is -0.991. The third-order valence-corrected chi connectivity index (χ3v) is 5.48. The van der Waals surface area contributed by atoms with Crippen LogP contribution in [0.15, 0.2) is 89.8 Å². The summed E-state index contributed by atoms with van der Waals surface area (Å²) in [5.41, 5.74) is 1.16. The van der Waals surface area contributed by atoms with Crippen molar-refractivity contribution in [2.45, 2.75) is 16.6 Å². The van der Waals surface area contributed by atoms with Crippen molar-refractivity contribution in [3.63, 3.8) is 0 Å². The number of rotatable bonds is 6. The average Bonchev–Trinajstić information content (AvgIpc) is 2.69. The number of Topliss-reactive ketones (excluding diaryl/α,β-unsaturated/α-hetero) is 1. The molecule has 0 aromatic heterocycles. The first kappa shape index (κ1) is 17.9. The molecule has 0 aliphatic heterocycles. The highest BCUT2D eigenvalue weighted by atomic mass is 32.2. The zero-order valence-corrected chi connectivity index (χ0v) is 15.0. The molecule has 1 atom stereocenters.